The number of aliphatic hydroxyl groups excluding tert-OH is 1. The van der Waals surface area contributed by atoms with Gasteiger partial charge in [0, 0.05) is 30.1 Å². The van der Waals surface area contributed by atoms with E-state index < -0.39 is 17.7 Å². The second kappa shape index (κ2) is 10.2. The lowest BCUT2D eigenvalue weighted by Crippen LogP contribution is -2.30. The molecule has 176 valence electrons. The first-order valence-electron chi connectivity index (χ1n) is 11.7. The number of ketones is 1. The Balaban J connectivity index is 2.15. The van der Waals surface area contributed by atoms with Crippen molar-refractivity contribution in [1.82, 2.24) is 9.88 Å². The summed E-state index contributed by atoms with van der Waals surface area (Å²) in [6.07, 6.45) is 6.03. The number of rotatable bonds is 8. The van der Waals surface area contributed by atoms with Gasteiger partial charge in [0.15, 0.2) is 0 Å². The minimum Gasteiger partial charge on any atom is -0.507 e. The Kier molecular flexibility index (Phi) is 7.57. The van der Waals surface area contributed by atoms with Gasteiger partial charge in [0.1, 0.15) is 11.5 Å². The third-order valence-corrected chi connectivity index (χ3v) is 5.93. The molecule has 0 bridgehead atoms. The van der Waals surface area contributed by atoms with Crippen molar-refractivity contribution in [2.45, 2.75) is 65.3 Å². The predicted molar refractivity (Wildman–Crippen MR) is 129 cm³/mol. The minimum absolute atomic E-state index is 0.117. The molecule has 1 atom stereocenters. The number of carbonyl (C=O) groups is 2. The molecule has 0 aliphatic carbocycles. The normalized spacial score (nSPS) is 18.1. The van der Waals surface area contributed by atoms with E-state index >= 15 is 0 Å². The fourth-order valence-corrected chi connectivity index (χ4v) is 4.24. The van der Waals surface area contributed by atoms with Crippen molar-refractivity contribution in [3.8, 4) is 5.75 Å². The molecule has 6 nitrogen and oxygen atoms in total. The van der Waals surface area contributed by atoms with E-state index in [-0.39, 0.29) is 16.7 Å². The summed E-state index contributed by atoms with van der Waals surface area (Å²) in [7, 11) is 0. The Hall–Kier alpha value is -3.15. The zero-order valence-corrected chi connectivity index (χ0v) is 20.2. The summed E-state index contributed by atoms with van der Waals surface area (Å²) in [6, 6.07) is 8.34. The number of carbonyl (C=O) groups excluding carboxylic acids is 2. The van der Waals surface area contributed by atoms with Crippen molar-refractivity contribution < 1.29 is 19.4 Å². The van der Waals surface area contributed by atoms with Crippen LogP contribution in [0.2, 0.25) is 0 Å². The SMILES string of the molecule is CCCCCN1C(=O)C(=O)/C(=C(\O)c2ccc(OCC)c(C(C)(C)C)c2)C1c1ccncc1. The van der Waals surface area contributed by atoms with Crippen LogP contribution in [0.1, 0.15) is 76.6 Å². The highest BCUT2D eigenvalue weighted by Crippen LogP contribution is 2.41. The molecule has 33 heavy (non-hydrogen) atoms. The van der Waals surface area contributed by atoms with E-state index in [0.717, 1.165) is 36.1 Å². The van der Waals surface area contributed by atoms with Gasteiger partial charge in [-0.05, 0) is 54.7 Å². The van der Waals surface area contributed by atoms with Crippen molar-refractivity contribution in [1.29, 1.82) is 0 Å². The summed E-state index contributed by atoms with van der Waals surface area (Å²) in [5.41, 5.74) is 2.05. The lowest BCUT2D eigenvalue weighted by Gasteiger charge is -2.26. The maximum Gasteiger partial charge on any atom is 0.295 e. The Labute approximate surface area is 196 Å². The first kappa shape index (κ1) is 24.5. The molecule has 6 heteroatoms. The monoisotopic (exact) mass is 450 g/mol. The third kappa shape index (κ3) is 5.10. The van der Waals surface area contributed by atoms with Crippen molar-refractivity contribution >= 4 is 17.4 Å². The maximum absolute atomic E-state index is 13.1. The average Bonchev–Trinajstić information content (AvgIpc) is 3.04. The second-order valence-corrected chi connectivity index (χ2v) is 9.37. The van der Waals surface area contributed by atoms with E-state index in [4.69, 9.17) is 4.74 Å². The Morgan fingerprint density at radius 2 is 1.79 bits per heavy atom. The largest absolute Gasteiger partial charge is 0.507 e. The summed E-state index contributed by atoms with van der Waals surface area (Å²) in [6.45, 7) is 11.2. The number of aliphatic hydroxyl groups is 1. The van der Waals surface area contributed by atoms with Crippen LogP contribution in [-0.2, 0) is 15.0 Å². The molecular weight excluding hydrogens is 416 g/mol. The molecule has 0 saturated carbocycles. The van der Waals surface area contributed by atoms with Gasteiger partial charge in [-0.1, -0.05) is 40.5 Å². The summed E-state index contributed by atoms with van der Waals surface area (Å²) < 4.78 is 5.79. The average molecular weight is 451 g/mol. The highest BCUT2D eigenvalue weighted by atomic mass is 16.5. The van der Waals surface area contributed by atoms with E-state index in [9.17, 15) is 14.7 Å². The number of benzene rings is 1. The van der Waals surface area contributed by atoms with E-state index in [0.29, 0.717) is 18.7 Å². The predicted octanol–water partition coefficient (Wildman–Crippen LogP) is 5.39. The smallest absolute Gasteiger partial charge is 0.295 e. The van der Waals surface area contributed by atoms with E-state index in [2.05, 4.69) is 32.7 Å². The number of Topliss-reactive ketones (excluding diaryl/α,β-unsaturated/α-hetero) is 1. The van der Waals surface area contributed by atoms with Gasteiger partial charge in [0.05, 0.1) is 18.2 Å². The molecule has 1 aliphatic heterocycles. The van der Waals surface area contributed by atoms with Crippen LogP contribution in [0.4, 0.5) is 0 Å². The molecule has 1 fully saturated rings. The van der Waals surface area contributed by atoms with Crippen molar-refractivity contribution in [2.24, 2.45) is 0 Å². The Bertz CT molecular complexity index is 1040. The zero-order chi connectivity index (χ0) is 24.2. The zero-order valence-electron chi connectivity index (χ0n) is 20.2. The van der Waals surface area contributed by atoms with Crippen molar-refractivity contribution in [3.05, 3.63) is 65.0 Å². The van der Waals surface area contributed by atoms with Gasteiger partial charge < -0.3 is 14.7 Å². The van der Waals surface area contributed by atoms with Crippen LogP contribution in [0.3, 0.4) is 0 Å². The first-order chi connectivity index (χ1) is 15.7. The van der Waals surface area contributed by atoms with Crippen LogP contribution in [0.5, 0.6) is 5.75 Å². The van der Waals surface area contributed by atoms with Crippen LogP contribution in [0.25, 0.3) is 5.76 Å². The molecule has 1 aromatic heterocycles. The van der Waals surface area contributed by atoms with Crippen molar-refractivity contribution in [2.75, 3.05) is 13.2 Å². The van der Waals surface area contributed by atoms with E-state index in [1.165, 1.54) is 0 Å². The fourth-order valence-electron chi connectivity index (χ4n) is 4.24. The molecule has 1 N–H and O–H groups in total. The second-order valence-electron chi connectivity index (χ2n) is 9.37. The van der Waals surface area contributed by atoms with Gasteiger partial charge in [0.25, 0.3) is 11.7 Å². The van der Waals surface area contributed by atoms with Gasteiger partial charge in [-0.25, -0.2) is 0 Å². The Morgan fingerprint density at radius 3 is 2.39 bits per heavy atom. The highest BCUT2D eigenvalue weighted by molar-refractivity contribution is 6.46. The number of likely N-dealkylation sites (tertiary alicyclic amines) is 1. The lowest BCUT2D eigenvalue weighted by molar-refractivity contribution is -0.139. The summed E-state index contributed by atoms with van der Waals surface area (Å²) >= 11 is 0. The van der Waals surface area contributed by atoms with Gasteiger partial charge in [-0.2, -0.15) is 0 Å². The van der Waals surface area contributed by atoms with Crippen LogP contribution in [0, 0.1) is 0 Å². The standard InChI is InChI=1S/C27H34N2O4/c1-6-8-9-16-29-23(18-12-14-28-15-13-18)22(25(31)26(29)32)24(30)19-10-11-21(33-7-2)20(17-19)27(3,4)5/h10-15,17,23,30H,6-9,16H2,1-5H3/b24-22-. The van der Waals surface area contributed by atoms with Gasteiger partial charge >= 0.3 is 0 Å². The van der Waals surface area contributed by atoms with Crippen LogP contribution in [0.15, 0.2) is 48.3 Å². The van der Waals surface area contributed by atoms with Crippen LogP contribution in [-0.4, -0.2) is 39.8 Å². The molecule has 2 heterocycles. The number of pyridine rings is 1. The summed E-state index contributed by atoms with van der Waals surface area (Å²) in [4.78, 5) is 31.8. The number of unbranched alkanes of at least 4 members (excludes halogenated alkanes) is 2. The third-order valence-electron chi connectivity index (χ3n) is 5.93. The number of hydrogen-bond acceptors (Lipinski definition) is 5. The van der Waals surface area contributed by atoms with Gasteiger partial charge in [-0.3, -0.25) is 14.6 Å². The van der Waals surface area contributed by atoms with Gasteiger partial charge in [0.2, 0.25) is 0 Å². The first-order valence-corrected chi connectivity index (χ1v) is 11.7. The van der Waals surface area contributed by atoms with Crippen LogP contribution >= 0.6 is 0 Å². The molecule has 1 aromatic carbocycles. The molecule has 3 rings (SSSR count). The lowest BCUT2D eigenvalue weighted by atomic mass is 9.84. The van der Waals surface area contributed by atoms with Crippen LogP contribution < -0.4 is 4.74 Å². The van der Waals surface area contributed by atoms with E-state index in [1.54, 1.807) is 35.5 Å². The highest BCUT2D eigenvalue weighted by Gasteiger charge is 2.45. The molecular formula is C27H34N2O4. The van der Waals surface area contributed by atoms with Gasteiger partial charge in [-0.15, -0.1) is 0 Å². The molecule has 0 spiro atoms. The van der Waals surface area contributed by atoms with E-state index in [1.807, 2.05) is 19.1 Å². The number of hydrogen-bond donors (Lipinski definition) is 1. The quantitative estimate of drug-likeness (QED) is 0.252. The van der Waals surface area contributed by atoms with Crippen molar-refractivity contribution in [3.63, 3.8) is 0 Å². The summed E-state index contributed by atoms with van der Waals surface area (Å²) in [5, 5.41) is 11.4. The maximum atomic E-state index is 13.1. The summed E-state index contributed by atoms with van der Waals surface area (Å²) in [5.74, 6) is -0.651. The minimum atomic E-state index is -0.656. The molecule has 1 amide bonds. The Morgan fingerprint density at radius 1 is 1.09 bits per heavy atom. The molecule has 2 aromatic rings. The number of aromatic nitrogens is 1. The molecule has 1 unspecified atom stereocenters. The topological polar surface area (TPSA) is 79.7 Å². The molecule has 1 saturated heterocycles. The number of nitrogens with zero attached hydrogens (tertiary/aromatic N) is 2. The molecule has 1 aliphatic rings. The fraction of sp³-hybridized carbons (Fsp3) is 0.444. The number of amides is 1. The number of ether oxygens (including phenoxy) is 1. The molecule has 0 radical (unpaired) electrons.